The van der Waals surface area contributed by atoms with E-state index in [1.165, 1.54) is 0 Å². The van der Waals surface area contributed by atoms with Crippen molar-refractivity contribution in [1.29, 1.82) is 0 Å². The van der Waals surface area contributed by atoms with Crippen LogP contribution in [0.1, 0.15) is 24.3 Å². The highest BCUT2D eigenvalue weighted by Gasteiger charge is 2.08. The van der Waals surface area contributed by atoms with E-state index < -0.39 is 0 Å². The van der Waals surface area contributed by atoms with Crippen LogP contribution in [0.2, 0.25) is 0 Å². The largest absolute Gasteiger partial charge is 0.384 e. The van der Waals surface area contributed by atoms with Gasteiger partial charge in [0.2, 0.25) is 0 Å². The number of pyridine rings is 1. The van der Waals surface area contributed by atoms with E-state index in [-0.39, 0.29) is 5.91 Å². The van der Waals surface area contributed by atoms with Gasteiger partial charge in [-0.3, -0.25) is 4.79 Å². The first-order chi connectivity index (χ1) is 10.1. The lowest BCUT2D eigenvalue weighted by Gasteiger charge is -2.21. The fourth-order valence-corrected chi connectivity index (χ4v) is 2.12. The molecule has 0 fully saturated rings. The number of carbonyl (C=O) groups is 1. The van der Waals surface area contributed by atoms with Crippen LogP contribution >= 0.6 is 0 Å². The van der Waals surface area contributed by atoms with Crippen molar-refractivity contribution >= 4 is 23.1 Å². The Hall–Kier alpha value is -2.56. The molecule has 2 rings (SSSR count). The second kappa shape index (κ2) is 6.74. The molecule has 0 saturated carbocycles. The molecule has 1 aromatic carbocycles. The Morgan fingerprint density at radius 1 is 1.14 bits per heavy atom. The molecule has 1 amide bonds. The molecule has 0 bridgehead atoms. The predicted molar refractivity (Wildman–Crippen MR) is 86.6 cm³/mol. The molecule has 0 aliphatic rings. The number of amides is 1. The third-order valence-corrected chi connectivity index (χ3v) is 3.26. The van der Waals surface area contributed by atoms with Gasteiger partial charge in [0.1, 0.15) is 11.5 Å². The van der Waals surface area contributed by atoms with Crippen molar-refractivity contribution in [2.24, 2.45) is 0 Å². The minimum Gasteiger partial charge on any atom is -0.384 e. The molecule has 5 nitrogen and oxygen atoms in total. The second-order valence-corrected chi connectivity index (χ2v) is 4.62. The highest BCUT2D eigenvalue weighted by atomic mass is 16.1. The van der Waals surface area contributed by atoms with E-state index in [0.717, 1.165) is 24.5 Å². The Kier molecular flexibility index (Phi) is 4.77. The molecule has 1 heterocycles. The zero-order chi connectivity index (χ0) is 15.2. The Balaban J connectivity index is 2.08. The van der Waals surface area contributed by atoms with Gasteiger partial charge in [0.15, 0.2) is 0 Å². The fourth-order valence-electron chi connectivity index (χ4n) is 2.12. The minimum absolute atomic E-state index is 0.266. The standard InChI is InChI=1S/C16H20N4O/c1-3-20(4-2)13-10-8-12(9-11-13)18-16(21)14-6-5-7-15(17)19-14/h5-11H,3-4H2,1-2H3,(H2,17,19)(H,18,21). The molecule has 0 saturated heterocycles. The lowest BCUT2D eigenvalue weighted by Crippen LogP contribution is -2.21. The molecular weight excluding hydrogens is 264 g/mol. The van der Waals surface area contributed by atoms with Crippen molar-refractivity contribution in [3.63, 3.8) is 0 Å². The number of nitrogen functional groups attached to an aromatic ring is 1. The summed E-state index contributed by atoms with van der Waals surface area (Å²) in [7, 11) is 0. The van der Waals surface area contributed by atoms with Crippen molar-refractivity contribution in [3.8, 4) is 0 Å². The maximum absolute atomic E-state index is 12.1. The SMILES string of the molecule is CCN(CC)c1ccc(NC(=O)c2cccc(N)n2)cc1. The molecule has 3 N–H and O–H groups in total. The Morgan fingerprint density at radius 3 is 2.38 bits per heavy atom. The van der Waals surface area contributed by atoms with Crippen LogP contribution in [0.5, 0.6) is 0 Å². The molecule has 1 aromatic heterocycles. The lowest BCUT2D eigenvalue weighted by atomic mass is 10.2. The molecule has 21 heavy (non-hydrogen) atoms. The average molecular weight is 284 g/mol. The predicted octanol–water partition coefficient (Wildman–Crippen LogP) is 2.76. The van der Waals surface area contributed by atoms with Crippen LogP contribution in [-0.2, 0) is 0 Å². The summed E-state index contributed by atoms with van der Waals surface area (Å²) in [6.45, 7) is 6.14. The molecule has 110 valence electrons. The molecule has 5 heteroatoms. The number of carbonyl (C=O) groups excluding carboxylic acids is 1. The zero-order valence-corrected chi connectivity index (χ0v) is 12.3. The average Bonchev–Trinajstić information content (AvgIpc) is 2.50. The van der Waals surface area contributed by atoms with Crippen molar-refractivity contribution < 1.29 is 4.79 Å². The number of hydrogen-bond donors (Lipinski definition) is 2. The quantitative estimate of drug-likeness (QED) is 0.885. The number of benzene rings is 1. The summed E-state index contributed by atoms with van der Waals surface area (Å²) >= 11 is 0. The summed E-state index contributed by atoms with van der Waals surface area (Å²) in [5.74, 6) is 0.0671. The first kappa shape index (κ1) is 14.8. The summed E-state index contributed by atoms with van der Waals surface area (Å²) in [5.41, 5.74) is 7.76. The van der Waals surface area contributed by atoms with Gasteiger partial charge in [-0.1, -0.05) is 6.07 Å². The molecule has 0 unspecified atom stereocenters. The maximum Gasteiger partial charge on any atom is 0.274 e. The zero-order valence-electron chi connectivity index (χ0n) is 12.3. The molecule has 0 atom stereocenters. The van der Waals surface area contributed by atoms with Gasteiger partial charge in [-0.05, 0) is 50.2 Å². The minimum atomic E-state index is -0.266. The van der Waals surface area contributed by atoms with E-state index in [1.54, 1.807) is 18.2 Å². The Labute approximate surface area is 124 Å². The number of anilines is 3. The molecule has 0 spiro atoms. The maximum atomic E-state index is 12.1. The smallest absolute Gasteiger partial charge is 0.274 e. The van der Waals surface area contributed by atoms with Crippen molar-refractivity contribution in [2.75, 3.05) is 29.0 Å². The first-order valence-electron chi connectivity index (χ1n) is 7.03. The highest BCUT2D eigenvalue weighted by molar-refractivity contribution is 6.03. The third-order valence-electron chi connectivity index (χ3n) is 3.26. The van der Waals surface area contributed by atoms with Crippen molar-refractivity contribution in [1.82, 2.24) is 4.98 Å². The van der Waals surface area contributed by atoms with Gasteiger partial charge < -0.3 is 16.0 Å². The van der Waals surface area contributed by atoms with E-state index in [4.69, 9.17) is 5.73 Å². The van der Waals surface area contributed by atoms with Crippen LogP contribution in [0.4, 0.5) is 17.2 Å². The summed E-state index contributed by atoms with van der Waals surface area (Å²) in [4.78, 5) is 18.3. The molecule has 0 radical (unpaired) electrons. The molecule has 0 aliphatic heterocycles. The molecule has 0 aliphatic carbocycles. The molecular formula is C16H20N4O. The van der Waals surface area contributed by atoms with E-state index in [9.17, 15) is 4.79 Å². The summed E-state index contributed by atoms with van der Waals surface area (Å²) < 4.78 is 0. The first-order valence-corrected chi connectivity index (χ1v) is 7.03. The van der Waals surface area contributed by atoms with Crippen LogP contribution in [0, 0.1) is 0 Å². The summed E-state index contributed by atoms with van der Waals surface area (Å²) in [5, 5.41) is 2.81. The van der Waals surface area contributed by atoms with Crippen molar-refractivity contribution in [3.05, 3.63) is 48.2 Å². The number of nitrogens with one attached hydrogen (secondary N) is 1. The Bertz CT molecular complexity index is 606. The van der Waals surface area contributed by atoms with Gasteiger partial charge in [0, 0.05) is 24.5 Å². The monoisotopic (exact) mass is 284 g/mol. The number of nitrogens with two attached hydrogens (primary N) is 1. The third kappa shape index (κ3) is 3.72. The van der Waals surface area contributed by atoms with Crippen molar-refractivity contribution in [2.45, 2.75) is 13.8 Å². The van der Waals surface area contributed by atoms with Crippen LogP contribution in [0.3, 0.4) is 0 Å². The van der Waals surface area contributed by atoms with Crippen LogP contribution in [0.15, 0.2) is 42.5 Å². The van der Waals surface area contributed by atoms with Gasteiger partial charge in [0.05, 0.1) is 0 Å². The van der Waals surface area contributed by atoms with E-state index in [0.29, 0.717) is 11.5 Å². The van der Waals surface area contributed by atoms with E-state index in [1.807, 2.05) is 24.3 Å². The summed E-state index contributed by atoms with van der Waals surface area (Å²) in [6.07, 6.45) is 0. The number of hydrogen-bond acceptors (Lipinski definition) is 4. The van der Waals surface area contributed by atoms with Gasteiger partial charge in [-0.15, -0.1) is 0 Å². The second-order valence-electron chi connectivity index (χ2n) is 4.62. The Morgan fingerprint density at radius 2 is 1.81 bits per heavy atom. The van der Waals surface area contributed by atoms with Crippen LogP contribution in [0.25, 0.3) is 0 Å². The fraction of sp³-hybridized carbons (Fsp3) is 0.250. The number of nitrogens with zero attached hydrogens (tertiary/aromatic N) is 2. The van der Waals surface area contributed by atoms with Crippen LogP contribution < -0.4 is 16.0 Å². The lowest BCUT2D eigenvalue weighted by molar-refractivity contribution is 0.102. The van der Waals surface area contributed by atoms with Gasteiger partial charge in [0.25, 0.3) is 5.91 Å². The highest BCUT2D eigenvalue weighted by Crippen LogP contribution is 2.18. The van der Waals surface area contributed by atoms with Gasteiger partial charge in [-0.2, -0.15) is 0 Å². The van der Waals surface area contributed by atoms with Crippen LogP contribution in [-0.4, -0.2) is 24.0 Å². The number of rotatable bonds is 5. The molecule has 2 aromatic rings. The topological polar surface area (TPSA) is 71.2 Å². The number of aromatic nitrogens is 1. The van der Waals surface area contributed by atoms with Gasteiger partial charge in [-0.25, -0.2) is 4.98 Å². The van der Waals surface area contributed by atoms with E-state index >= 15 is 0 Å². The summed E-state index contributed by atoms with van der Waals surface area (Å²) in [6, 6.07) is 12.8. The van der Waals surface area contributed by atoms with Gasteiger partial charge >= 0.3 is 0 Å². The normalized spacial score (nSPS) is 10.2. The van der Waals surface area contributed by atoms with E-state index in [2.05, 4.69) is 29.0 Å².